The molecule has 1 aromatic rings. The summed E-state index contributed by atoms with van der Waals surface area (Å²) in [5.74, 6) is 0.362. The number of hydrogen-bond donors (Lipinski definition) is 0. The third-order valence-corrected chi connectivity index (χ3v) is 6.55. The van der Waals surface area contributed by atoms with Crippen LogP contribution in [0.5, 0.6) is 0 Å². The molecule has 0 N–H and O–H groups in total. The zero-order chi connectivity index (χ0) is 15.6. The second kappa shape index (κ2) is 6.37. The Bertz CT molecular complexity index is 554. The molecule has 0 fully saturated rings. The number of nitrogens with zero attached hydrogens (tertiary/aromatic N) is 2. The molecule has 0 amide bonds. The first-order valence-corrected chi connectivity index (χ1v) is 8.96. The smallest absolute Gasteiger partial charge is 0.219 e. The Balaban J connectivity index is 3.01. The van der Waals surface area contributed by atoms with Crippen LogP contribution in [0.3, 0.4) is 0 Å². The molecule has 0 spiro atoms. The van der Waals surface area contributed by atoms with Crippen LogP contribution in [-0.2, 0) is 16.6 Å². The lowest BCUT2D eigenvalue weighted by Gasteiger charge is -2.28. The van der Waals surface area contributed by atoms with E-state index in [4.69, 9.17) is 0 Å². The third-order valence-electron chi connectivity index (χ3n) is 2.85. The van der Waals surface area contributed by atoms with Crippen molar-refractivity contribution in [1.82, 2.24) is 9.29 Å². The molecule has 0 aliphatic rings. The molecule has 0 radical (unpaired) electrons. The van der Waals surface area contributed by atoms with Crippen LogP contribution in [0.4, 0.5) is 0 Å². The SMILES string of the molecule is C=CCN(Cc1csc(C(C)C)n1)S(=O)(=O)C(C)(C)C. The molecule has 0 saturated heterocycles. The highest BCUT2D eigenvalue weighted by atomic mass is 32.2. The van der Waals surface area contributed by atoms with E-state index in [1.807, 2.05) is 5.38 Å². The lowest BCUT2D eigenvalue weighted by molar-refractivity contribution is 0.414. The van der Waals surface area contributed by atoms with Gasteiger partial charge in [-0.2, -0.15) is 4.31 Å². The summed E-state index contributed by atoms with van der Waals surface area (Å²) in [7, 11) is -3.38. The van der Waals surface area contributed by atoms with E-state index in [1.54, 1.807) is 38.2 Å². The van der Waals surface area contributed by atoms with Gasteiger partial charge in [-0.15, -0.1) is 17.9 Å². The molecule has 20 heavy (non-hydrogen) atoms. The highest BCUT2D eigenvalue weighted by molar-refractivity contribution is 7.90. The Morgan fingerprint density at radius 3 is 2.45 bits per heavy atom. The number of thiazole rings is 1. The van der Waals surface area contributed by atoms with E-state index in [0.717, 1.165) is 10.7 Å². The maximum Gasteiger partial charge on any atom is 0.219 e. The highest BCUT2D eigenvalue weighted by Crippen LogP contribution is 2.24. The van der Waals surface area contributed by atoms with Gasteiger partial charge in [-0.25, -0.2) is 13.4 Å². The monoisotopic (exact) mass is 316 g/mol. The van der Waals surface area contributed by atoms with E-state index >= 15 is 0 Å². The van der Waals surface area contributed by atoms with Crippen molar-refractivity contribution in [2.45, 2.75) is 51.8 Å². The van der Waals surface area contributed by atoms with Gasteiger partial charge in [0.05, 0.1) is 22.0 Å². The average Bonchev–Trinajstić information content (AvgIpc) is 2.75. The zero-order valence-corrected chi connectivity index (χ0v) is 14.5. The molecule has 0 saturated carbocycles. The number of hydrogen-bond acceptors (Lipinski definition) is 4. The fraction of sp³-hybridized carbons (Fsp3) is 0.643. The first kappa shape index (κ1) is 17.3. The second-order valence-electron chi connectivity index (χ2n) is 6.03. The molecular formula is C14H24N2O2S2. The fourth-order valence-corrected chi connectivity index (χ4v) is 3.82. The van der Waals surface area contributed by atoms with Crippen molar-refractivity contribution in [1.29, 1.82) is 0 Å². The van der Waals surface area contributed by atoms with Crippen LogP contribution in [0.1, 0.15) is 51.2 Å². The van der Waals surface area contributed by atoms with Gasteiger partial charge in [-0.1, -0.05) is 19.9 Å². The summed E-state index contributed by atoms with van der Waals surface area (Å²) < 4.78 is 25.7. The topological polar surface area (TPSA) is 50.3 Å². The second-order valence-corrected chi connectivity index (χ2v) is 9.61. The summed E-state index contributed by atoms with van der Waals surface area (Å²) in [5.41, 5.74) is 0.799. The van der Waals surface area contributed by atoms with Crippen LogP contribution in [0, 0.1) is 0 Å². The van der Waals surface area contributed by atoms with E-state index in [0.29, 0.717) is 19.0 Å². The van der Waals surface area contributed by atoms with Gasteiger partial charge in [-0.05, 0) is 20.8 Å². The van der Waals surface area contributed by atoms with Crippen LogP contribution in [0.15, 0.2) is 18.0 Å². The van der Waals surface area contributed by atoms with E-state index in [1.165, 1.54) is 4.31 Å². The molecular weight excluding hydrogens is 292 g/mol. The van der Waals surface area contributed by atoms with Crippen molar-refractivity contribution < 1.29 is 8.42 Å². The van der Waals surface area contributed by atoms with Crippen LogP contribution in [-0.4, -0.2) is 29.0 Å². The van der Waals surface area contributed by atoms with Crippen LogP contribution >= 0.6 is 11.3 Å². The summed E-state index contributed by atoms with van der Waals surface area (Å²) in [6.45, 7) is 13.5. The Morgan fingerprint density at radius 2 is 2.05 bits per heavy atom. The Morgan fingerprint density at radius 1 is 1.45 bits per heavy atom. The van der Waals surface area contributed by atoms with E-state index in [9.17, 15) is 8.42 Å². The number of rotatable bonds is 6. The molecule has 0 unspecified atom stereocenters. The predicted molar refractivity (Wildman–Crippen MR) is 85.5 cm³/mol. The van der Waals surface area contributed by atoms with Gasteiger partial charge >= 0.3 is 0 Å². The molecule has 0 bridgehead atoms. The Hall–Kier alpha value is -0.720. The van der Waals surface area contributed by atoms with E-state index in [-0.39, 0.29) is 0 Å². The lowest BCUT2D eigenvalue weighted by Crippen LogP contribution is -2.42. The summed E-state index contributed by atoms with van der Waals surface area (Å²) in [4.78, 5) is 4.51. The summed E-state index contributed by atoms with van der Waals surface area (Å²) in [5, 5.41) is 2.97. The van der Waals surface area contributed by atoms with Crippen molar-refractivity contribution in [2.24, 2.45) is 0 Å². The molecule has 0 aliphatic heterocycles. The van der Waals surface area contributed by atoms with Crippen molar-refractivity contribution in [3.63, 3.8) is 0 Å². The highest BCUT2D eigenvalue weighted by Gasteiger charge is 2.35. The van der Waals surface area contributed by atoms with Crippen molar-refractivity contribution in [2.75, 3.05) is 6.54 Å². The van der Waals surface area contributed by atoms with Crippen LogP contribution in [0.2, 0.25) is 0 Å². The molecule has 6 heteroatoms. The largest absolute Gasteiger partial charge is 0.245 e. The van der Waals surface area contributed by atoms with Gasteiger partial charge in [0.2, 0.25) is 10.0 Å². The van der Waals surface area contributed by atoms with Crippen molar-refractivity contribution in [3.05, 3.63) is 28.7 Å². The Kier molecular flexibility index (Phi) is 5.52. The van der Waals surface area contributed by atoms with Crippen LogP contribution < -0.4 is 0 Å². The van der Waals surface area contributed by atoms with Gasteiger partial charge in [0.25, 0.3) is 0 Å². The first-order valence-electron chi connectivity index (χ1n) is 6.64. The van der Waals surface area contributed by atoms with Gasteiger partial charge in [-0.3, -0.25) is 0 Å². The molecule has 1 rings (SSSR count). The molecule has 1 heterocycles. The van der Waals surface area contributed by atoms with E-state index < -0.39 is 14.8 Å². The lowest BCUT2D eigenvalue weighted by atomic mass is 10.2. The van der Waals surface area contributed by atoms with Crippen molar-refractivity contribution >= 4 is 21.4 Å². The zero-order valence-electron chi connectivity index (χ0n) is 12.9. The average molecular weight is 316 g/mol. The van der Waals surface area contributed by atoms with Gasteiger partial charge in [0.1, 0.15) is 0 Å². The van der Waals surface area contributed by atoms with E-state index in [2.05, 4.69) is 25.4 Å². The maximum absolute atomic E-state index is 12.5. The summed E-state index contributed by atoms with van der Waals surface area (Å²) in [6.07, 6.45) is 1.61. The normalized spacial score (nSPS) is 13.2. The van der Waals surface area contributed by atoms with Gasteiger partial charge in [0.15, 0.2) is 0 Å². The minimum Gasteiger partial charge on any atom is -0.245 e. The van der Waals surface area contributed by atoms with Crippen LogP contribution in [0.25, 0.3) is 0 Å². The van der Waals surface area contributed by atoms with Crippen molar-refractivity contribution in [3.8, 4) is 0 Å². The maximum atomic E-state index is 12.5. The summed E-state index contributed by atoms with van der Waals surface area (Å²) in [6, 6.07) is 0. The number of aromatic nitrogens is 1. The molecule has 114 valence electrons. The predicted octanol–water partition coefficient (Wildman–Crippen LogP) is 3.38. The summed E-state index contributed by atoms with van der Waals surface area (Å²) >= 11 is 1.58. The molecule has 1 aromatic heterocycles. The molecule has 4 nitrogen and oxygen atoms in total. The minimum atomic E-state index is -3.38. The molecule has 0 aromatic carbocycles. The minimum absolute atomic E-state index is 0.300. The van der Waals surface area contributed by atoms with Gasteiger partial charge < -0.3 is 0 Å². The standard InChI is InChI=1S/C14H24N2O2S2/c1-7-8-16(20(17,18)14(4,5)6)9-12-10-19-13(15-12)11(2)3/h7,10-11H,1,8-9H2,2-6H3. The molecule has 0 atom stereocenters. The van der Waals surface area contributed by atoms with Gasteiger partial charge in [0, 0.05) is 17.8 Å². The number of sulfonamides is 1. The molecule has 0 aliphatic carbocycles. The quantitative estimate of drug-likeness (QED) is 0.756. The first-order chi connectivity index (χ1) is 9.09. The third kappa shape index (κ3) is 3.90. The Labute approximate surface area is 126 Å². The fourth-order valence-electron chi connectivity index (χ4n) is 1.62.